The van der Waals surface area contributed by atoms with Crippen LogP contribution < -0.4 is 0 Å². The van der Waals surface area contributed by atoms with Crippen molar-refractivity contribution in [1.29, 1.82) is 5.26 Å². The lowest BCUT2D eigenvalue weighted by Crippen LogP contribution is -2.26. The Labute approximate surface area is 99.3 Å². The number of hydrogen-bond donors (Lipinski definition) is 1. The van der Waals surface area contributed by atoms with Gasteiger partial charge in [-0.1, -0.05) is 54.6 Å². The normalized spacial score (nSPS) is 26.4. The Morgan fingerprint density at radius 3 is 2.29 bits per heavy atom. The van der Waals surface area contributed by atoms with Gasteiger partial charge in [0.25, 0.3) is 0 Å². The highest BCUT2D eigenvalue weighted by atomic mass is 16.4. The molecule has 0 bridgehead atoms. The third-order valence-electron chi connectivity index (χ3n) is 2.86. The third-order valence-corrected chi connectivity index (χ3v) is 2.86. The van der Waals surface area contributed by atoms with Gasteiger partial charge in [0, 0.05) is 5.92 Å². The van der Waals surface area contributed by atoms with Crippen LogP contribution in [0.1, 0.15) is 11.5 Å². The standard InChI is InChI=1S/C14H11NO2/c15-10-14(13(16)17)8-6-12(7-9-14)11-4-2-1-3-5-11/h1-9,12H,(H,16,17). The van der Waals surface area contributed by atoms with Gasteiger partial charge in [0.1, 0.15) is 0 Å². The van der Waals surface area contributed by atoms with E-state index in [4.69, 9.17) is 10.4 Å². The van der Waals surface area contributed by atoms with Crippen molar-refractivity contribution >= 4 is 5.97 Å². The number of hydrogen-bond acceptors (Lipinski definition) is 2. The number of carboxylic acids is 1. The summed E-state index contributed by atoms with van der Waals surface area (Å²) >= 11 is 0. The molecule has 1 N–H and O–H groups in total. The van der Waals surface area contributed by atoms with Crippen LogP contribution in [0.5, 0.6) is 0 Å². The van der Waals surface area contributed by atoms with Crippen LogP contribution in [0, 0.1) is 16.7 Å². The fourth-order valence-electron chi connectivity index (χ4n) is 1.79. The fraction of sp³-hybridized carbons (Fsp3) is 0.143. The summed E-state index contributed by atoms with van der Waals surface area (Å²) in [6.45, 7) is 0. The number of nitrogens with zero attached hydrogens (tertiary/aromatic N) is 1. The number of allylic oxidation sites excluding steroid dienone is 2. The Morgan fingerprint density at radius 1 is 1.24 bits per heavy atom. The molecule has 1 aromatic rings. The maximum atomic E-state index is 11.0. The van der Waals surface area contributed by atoms with E-state index in [0.29, 0.717) is 0 Å². The van der Waals surface area contributed by atoms with Crippen molar-refractivity contribution in [3.8, 4) is 6.07 Å². The number of rotatable bonds is 2. The van der Waals surface area contributed by atoms with Crippen molar-refractivity contribution in [3.63, 3.8) is 0 Å². The molecule has 1 aromatic carbocycles. The molecule has 17 heavy (non-hydrogen) atoms. The van der Waals surface area contributed by atoms with Crippen molar-refractivity contribution in [3.05, 3.63) is 60.2 Å². The van der Waals surface area contributed by atoms with Gasteiger partial charge in [-0.25, -0.2) is 4.79 Å². The summed E-state index contributed by atoms with van der Waals surface area (Å²) in [4.78, 5) is 11.0. The molecule has 2 rings (SSSR count). The summed E-state index contributed by atoms with van der Waals surface area (Å²) in [5.41, 5.74) is -0.428. The van der Waals surface area contributed by atoms with Gasteiger partial charge >= 0.3 is 5.97 Å². The van der Waals surface area contributed by atoms with Crippen molar-refractivity contribution in [2.75, 3.05) is 0 Å². The Balaban J connectivity index is 2.28. The first-order valence-corrected chi connectivity index (χ1v) is 5.26. The van der Waals surface area contributed by atoms with Crippen LogP contribution in [-0.2, 0) is 4.79 Å². The van der Waals surface area contributed by atoms with Crippen LogP contribution in [0.3, 0.4) is 0 Å². The van der Waals surface area contributed by atoms with E-state index >= 15 is 0 Å². The number of nitriles is 1. The Morgan fingerprint density at radius 2 is 1.82 bits per heavy atom. The highest BCUT2D eigenvalue weighted by molar-refractivity contribution is 5.83. The lowest BCUT2D eigenvalue weighted by atomic mass is 9.81. The molecule has 1 aliphatic rings. The van der Waals surface area contributed by atoms with Gasteiger partial charge in [0.05, 0.1) is 6.07 Å². The highest BCUT2D eigenvalue weighted by Crippen LogP contribution is 2.31. The minimum absolute atomic E-state index is 0.0389. The topological polar surface area (TPSA) is 61.1 Å². The molecule has 0 fully saturated rings. The summed E-state index contributed by atoms with van der Waals surface area (Å²) < 4.78 is 0. The molecule has 0 radical (unpaired) electrons. The molecule has 3 heteroatoms. The molecule has 0 aromatic heterocycles. The Kier molecular flexibility index (Phi) is 2.80. The minimum atomic E-state index is -1.51. The summed E-state index contributed by atoms with van der Waals surface area (Å²) in [5.74, 6) is -1.10. The molecule has 0 heterocycles. The maximum absolute atomic E-state index is 11.0. The molecule has 0 saturated heterocycles. The number of benzene rings is 1. The van der Waals surface area contributed by atoms with Crippen LogP contribution in [0.15, 0.2) is 54.6 Å². The lowest BCUT2D eigenvalue weighted by molar-refractivity contribution is -0.141. The third kappa shape index (κ3) is 1.98. The quantitative estimate of drug-likeness (QED) is 0.786. The zero-order chi connectivity index (χ0) is 12.3. The van der Waals surface area contributed by atoms with Crippen LogP contribution in [0.25, 0.3) is 0 Å². The second-order valence-electron chi connectivity index (χ2n) is 3.94. The molecule has 1 aliphatic carbocycles. The van der Waals surface area contributed by atoms with Gasteiger partial charge in [-0.05, 0) is 5.56 Å². The van der Waals surface area contributed by atoms with Gasteiger partial charge in [-0.15, -0.1) is 0 Å². The van der Waals surface area contributed by atoms with Gasteiger partial charge in [-0.2, -0.15) is 5.26 Å². The number of carbonyl (C=O) groups is 1. The molecular weight excluding hydrogens is 214 g/mol. The molecule has 3 nitrogen and oxygen atoms in total. The van der Waals surface area contributed by atoms with Crippen molar-refractivity contribution in [2.24, 2.45) is 5.41 Å². The largest absolute Gasteiger partial charge is 0.480 e. The molecule has 84 valence electrons. The monoisotopic (exact) mass is 225 g/mol. The molecule has 0 aliphatic heterocycles. The smallest absolute Gasteiger partial charge is 0.332 e. The number of carboxylic acid groups (broad SMARTS) is 1. The predicted molar refractivity (Wildman–Crippen MR) is 63.1 cm³/mol. The second-order valence-corrected chi connectivity index (χ2v) is 3.94. The summed E-state index contributed by atoms with van der Waals surface area (Å²) in [5, 5.41) is 18.0. The second kappa shape index (κ2) is 4.26. The summed E-state index contributed by atoms with van der Waals surface area (Å²) in [6, 6.07) is 11.5. The number of aliphatic carboxylic acids is 1. The van der Waals surface area contributed by atoms with Crippen LogP contribution in [0.2, 0.25) is 0 Å². The van der Waals surface area contributed by atoms with E-state index in [-0.39, 0.29) is 5.92 Å². The van der Waals surface area contributed by atoms with Gasteiger partial charge in [-0.3, -0.25) is 0 Å². The van der Waals surface area contributed by atoms with Crippen LogP contribution >= 0.6 is 0 Å². The van der Waals surface area contributed by atoms with Crippen molar-refractivity contribution in [1.82, 2.24) is 0 Å². The zero-order valence-electron chi connectivity index (χ0n) is 9.08. The van der Waals surface area contributed by atoms with E-state index in [1.807, 2.05) is 36.4 Å². The van der Waals surface area contributed by atoms with Crippen LogP contribution in [0.4, 0.5) is 0 Å². The molecule has 0 atom stereocenters. The van der Waals surface area contributed by atoms with E-state index in [1.54, 1.807) is 12.2 Å². The fourth-order valence-corrected chi connectivity index (χ4v) is 1.79. The van der Waals surface area contributed by atoms with E-state index in [0.717, 1.165) is 5.56 Å². The molecule has 0 saturated carbocycles. The molecule has 0 spiro atoms. The molecular formula is C14H11NO2. The highest BCUT2D eigenvalue weighted by Gasteiger charge is 2.35. The first-order valence-electron chi connectivity index (χ1n) is 5.26. The van der Waals surface area contributed by atoms with Gasteiger partial charge < -0.3 is 5.11 Å². The molecule has 0 unspecified atom stereocenters. The lowest BCUT2D eigenvalue weighted by Gasteiger charge is -2.20. The minimum Gasteiger partial charge on any atom is -0.480 e. The first-order chi connectivity index (χ1) is 8.18. The zero-order valence-corrected chi connectivity index (χ0v) is 9.08. The predicted octanol–water partition coefficient (Wildman–Crippen LogP) is 2.49. The molecule has 0 amide bonds. The summed E-state index contributed by atoms with van der Waals surface area (Å²) in [7, 11) is 0. The van der Waals surface area contributed by atoms with E-state index < -0.39 is 11.4 Å². The Bertz CT molecular complexity index is 509. The van der Waals surface area contributed by atoms with E-state index in [9.17, 15) is 4.79 Å². The van der Waals surface area contributed by atoms with Crippen LogP contribution in [-0.4, -0.2) is 11.1 Å². The summed E-state index contributed by atoms with van der Waals surface area (Å²) in [6.07, 6.45) is 6.42. The Hall–Kier alpha value is -2.34. The average Bonchev–Trinajstić information content (AvgIpc) is 2.39. The van der Waals surface area contributed by atoms with Gasteiger partial charge in [0.15, 0.2) is 5.41 Å². The van der Waals surface area contributed by atoms with Gasteiger partial charge in [0.2, 0.25) is 0 Å². The SMILES string of the molecule is N#CC1(C(=O)O)C=CC(c2ccccc2)C=C1. The average molecular weight is 225 g/mol. The maximum Gasteiger partial charge on any atom is 0.332 e. The van der Waals surface area contributed by atoms with Crippen molar-refractivity contribution < 1.29 is 9.90 Å². The van der Waals surface area contributed by atoms with E-state index in [2.05, 4.69) is 0 Å². The first kappa shape index (κ1) is 11.2. The van der Waals surface area contributed by atoms with Crippen molar-refractivity contribution in [2.45, 2.75) is 5.92 Å². The van der Waals surface area contributed by atoms with E-state index in [1.165, 1.54) is 12.2 Å².